The predicted molar refractivity (Wildman–Crippen MR) is 153 cm³/mol. The molecule has 0 radical (unpaired) electrons. The summed E-state index contributed by atoms with van der Waals surface area (Å²) in [7, 11) is 0. The second-order valence-corrected chi connectivity index (χ2v) is 12.8. The van der Waals surface area contributed by atoms with Crippen molar-refractivity contribution in [1.82, 2.24) is 15.0 Å². The molecule has 6 nitrogen and oxygen atoms in total. The molecule has 4 saturated carbocycles. The van der Waals surface area contributed by atoms with Crippen LogP contribution in [0.4, 0.5) is 11.4 Å². The molecule has 0 aliphatic heterocycles. The van der Waals surface area contributed by atoms with Crippen LogP contribution in [0.5, 0.6) is 0 Å². The standard InChI is InChI=1S/C31H33N5OS/c32-26-7-6-24(29-5-2-10-38-29)15-27(26)33-30(37)25-4-1-3-23(14-25)28-19-36(35-34-28)9-8-31-16-20-11-21(17-31)13-22(12-20)18-31/h1-7,10,14-15,19-22H,8-9,11-13,16-18,32H2,(H,33,37). The third-order valence-electron chi connectivity index (χ3n) is 9.10. The van der Waals surface area contributed by atoms with Gasteiger partial charge in [0.25, 0.3) is 5.91 Å². The third-order valence-corrected chi connectivity index (χ3v) is 10.0. The van der Waals surface area contributed by atoms with Gasteiger partial charge in [0.1, 0.15) is 5.69 Å². The van der Waals surface area contributed by atoms with Gasteiger partial charge in [-0.05, 0) is 109 Å². The number of nitrogen functional groups attached to an aromatic ring is 1. The first kappa shape index (κ1) is 23.7. The molecule has 38 heavy (non-hydrogen) atoms. The molecule has 3 N–H and O–H groups in total. The van der Waals surface area contributed by atoms with Gasteiger partial charge in [-0.25, -0.2) is 0 Å². The van der Waals surface area contributed by atoms with Crippen molar-refractivity contribution in [3.8, 4) is 21.7 Å². The van der Waals surface area contributed by atoms with Crippen molar-refractivity contribution >= 4 is 28.6 Å². The number of aryl methyl sites for hydroxylation is 1. The van der Waals surface area contributed by atoms with Crippen LogP contribution >= 0.6 is 11.3 Å². The Morgan fingerprint density at radius 3 is 2.53 bits per heavy atom. The average Bonchev–Trinajstić information content (AvgIpc) is 3.61. The molecule has 2 aromatic heterocycles. The number of benzene rings is 2. The van der Waals surface area contributed by atoms with Crippen LogP contribution in [0.2, 0.25) is 0 Å². The summed E-state index contributed by atoms with van der Waals surface area (Å²) in [4.78, 5) is 14.3. The fraction of sp³-hybridized carbons (Fsp3) is 0.387. The first-order chi connectivity index (χ1) is 18.5. The van der Waals surface area contributed by atoms with Gasteiger partial charge in [0, 0.05) is 22.5 Å². The maximum atomic E-state index is 13.2. The van der Waals surface area contributed by atoms with E-state index in [2.05, 4.69) is 21.7 Å². The molecule has 0 unspecified atom stereocenters. The molecule has 2 heterocycles. The first-order valence-electron chi connectivity index (χ1n) is 13.8. The van der Waals surface area contributed by atoms with Gasteiger partial charge in [-0.3, -0.25) is 9.48 Å². The molecule has 4 bridgehead atoms. The van der Waals surface area contributed by atoms with Crippen LogP contribution in [0.1, 0.15) is 55.3 Å². The molecular formula is C31H33N5OS. The molecule has 0 atom stereocenters. The Hall–Kier alpha value is -3.45. The number of hydrogen-bond donors (Lipinski definition) is 2. The average molecular weight is 524 g/mol. The quantitative estimate of drug-likeness (QED) is 0.253. The van der Waals surface area contributed by atoms with E-state index in [9.17, 15) is 4.79 Å². The molecule has 8 rings (SSSR count). The van der Waals surface area contributed by atoms with Crippen molar-refractivity contribution < 1.29 is 4.79 Å². The molecule has 0 spiro atoms. The van der Waals surface area contributed by atoms with Gasteiger partial charge in [0.05, 0.1) is 17.6 Å². The summed E-state index contributed by atoms with van der Waals surface area (Å²) in [5.41, 5.74) is 11.1. The van der Waals surface area contributed by atoms with Crippen molar-refractivity contribution in [3.63, 3.8) is 0 Å². The van der Waals surface area contributed by atoms with Crippen LogP contribution in [0, 0.1) is 23.2 Å². The molecular weight excluding hydrogens is 490 g/mol. The Morgan fingerprint density at radius 2 is 1.79 bits per heavy atom. The van der Waals surface area contributed by atoms with Crippen LogP contribution in [0.15, 0.2) is 66.2 Å². The van der Waals surface area contributed by atoms with E-state index in [4.69, 9.17) is 5.73 Å². The Bertz CT molecular complexity index is 1440. The second kappa shape index (κ2) is 9.38. The zero-order valence-corrected chi connectivity index (χ0v) is 22.3. The number of rotatable bonds is 7. The van der Waals surface area contributed by atoms with Crippen LogP contribution in [-0.4, -0.2) is 20.9 Å². The second-order valence-electron chi connectivity index (χ2n) is 11.8. The molecule has 4 aliphatic rings. The highest BCUT2D eigenvalue weighted by Gasteiger charge is 2.50. The zero-order valence-electron chi connectivity index (χ0n) is 21.5. The Morgan fingerprint density at radius 1 is 1.00 bits per heavy atom. The SMILES string of the molecule is Nc1ccc(-c2cccs2)cc1NC(=O)c1cccc(-c2cn(CCC34CC5CC(CC(C5)C3)C4)nn2)c1. The van der Waals surface area contributed by atoms with E-state index >= 15 is 0 Å². The number of amides is 1. The fourth-order valence-corrected chi connectivity index (χ4v) is 8.49. The van der Waals surface area contributed by atoms with Gasteiger partial charge in [-0.2, -0.15) is 0 Å². The predicted octanol–water partition coefficient (Wildman–Crippen LogP) is 7.11. The van der Waals surface area contributed by atoms with Crippen molar-refractivity contribution in [2.75, 3.05) is 11.1 Å². The number of thiophene rings is 1. The highest BCUT2D eigenvalue weighted by Crippen LogP contribution is 2.61. The summed E-state index contributed by atoms with van der Waals surface area (Å²) in [6.45, 7) is 0.916. The Kier molecular flexibility index (Phi) is 5.84. The van der Waals surface area contributed by atoms with E-state index in [0.717, 1.165) is 46.0 Å². The van der Waals surface area contributed by atoms with Crippen LogP contribution in [-0.2, 0) is 6.54 Å². The van der Waals surface area contributed by atoms with Crippen molar-refractivity contribution in [3.05, 3.63) is 71.7 Å². The minimum Gasteiger partial charge on any atom is -0.397 e. The van der Waals surface area contributed by atoms with Crippen molar-refractivity contribution in [2.45, 2.75) is 51.5 Å². The summed E-state index contributed by atoms with van der Waals surface area (Å²) in [5.74, 6) is 2.70. The lowest BCUT2D eigenvalue weighted by Crippen LogP contribution is -2.46. The number of nitrogens with one attached hydrogen (secondary N) is 1. The number of nitrogens with two attached hydrogens (primary N) is 1. The van der Waals surface area contributed by atoms with E-state index in [-0.39, 0.29) is 5.91 Å². The molecule has 194 valence electrons. The molecule has 4 aliphatic carbocycles. The summed E-state index contributed by atoms with van der Waals surface area (Å²) < 4.78 is 2.00. The van der Waals surface area contributed by atoms with Gasteiger partial charge in [0.2, 0.25) is 0 Å². The number of nitrogens with zero attached hydrogens (tertiary/aromatic N) is 3. The number of carbonyl (C=O) groups is 1. The monoisotopic (exact) mass is 523 g/mol. The summed E-state index contributed by atoms with van der Waals surface area (Å²) in [6, 6.07) is 17.4. The van der Waals surface area contributed by atoms with Crippen molar-refractivity contribution in [1.29, 1.82) is 0 Å². The summed E-state index contributed by atoms with van der Waals surface area (Å²) in [6.07, 6.45) is 11.9. The van der Waals surface area contributed by atoms with Crippen molar-refractivity contribution in [2.24, 2.45) is 23.2 Å². The van der Waals surface area contributed by atoms with E-state index in [1.807, 2.05) is 64.8 Å². The Balaban J connectivity index is 1.04. The number of aromatic nitrogens is 3. The topological polar surface area (TPSA) is 85.8 Å². The minimum atomic E-state index is -0.198. The lowest BCUT2D eigenvalue weighted by atomic mass is 9.49. The van der Waals surface area contributed by atoms with Gasteiger partial charge in [-0.1, -0.05) is 29.5 Å². The zero-order chi connectivity index (χ0) is 25.7. The van der Waals surface area contributed by atoms with Gasteiger partial charge in [-0.15, -0.1) is 16.4 Å². The van der Waals surface area contributed by atoms with Gasteiger partial charge in [0.15, 0.2) is 0 Å². The maximum absolute atomic E-state index is 13.2. The highest BCUT2D eigenvalue weighted by molar-refractivity contribution is 7.13. The normalized spacial score (nSPS) is 25.5. The largest absolute Gasteiger partial charge is 0.397 e. The Labute approximate surface area is 227 Å². The van der Waals surface area contributed by atoms with E-state index in [0.29, 0.717) is 22.4 Å². The summed E-state index contributed by atoms with van der Waals surface area (Å²) in [5, 5.41) is 13.9. The minimum absolute atomic E-state index is 0.198. The molecule has 7 heteroatoms. The molecule has 1 amide bonds. The lowest BCUT2D eigenvalue weighted by molar-refractivity contribution is -0.0596. The first-order valence-corrected chi connectivity index (χ1v) is 14.7. The number of carbonyl (C=O) groups excluding carboxylic acids is 1. The smallest absolute Gasteiger partial charge is 0.255 e. The lowest BCUT2D eigenvalue weighted by Gasteiger charge is -2.57. The molecule has 0 saturated heterocycles. The highest BCUT2D eigenvalue weighted by atomic mass is 32.1. The number of hydrogen-bond acceptors (Lipinski definition) is 5. The fourth-order valence-electron chi connectivity index (χ4n) is 7.76. The molecule has 4 aromatic rings. The van der Waals surface area contributed by atoms with E-state index in [1.165, 1.54) is 44.9 Å². The van der Waals surface area contributed by atoms with Crippen LogP contribution < -0.4 is 11.1 Å². The van der Waals surface area contributed by atoms with Crippen LogP contribution in [0.25, 0.3) is 21.7 Å². The summed E-state index contributed by atoms with van der Waals surface area (Å²) >= 11 is 1.66. The van der Waals surface area contributed by atoms with E-state index < -0.39 is 0 Å². The van der Waals surface area contributed by atoms with E-state index in [1.54, 1.807) is 11.3 Å². The van der Waals surface area contributed by atoms with Crippen LogP contribution in [0.3, 0.4) is 0 Å². The molecule has 4 fully saturated rings. The van der Waals surface area contributed by atoms with Gasteiger partial charge < -0.3 is 11.1 Å². The number of anilines is 2. The maximum Gasteiger partial charge on any atom is 0.255 e. The third kappa shape index (κ3) is 4.53. The molecule has 2 aromatic carbocycles. The van der Waals surface area contributed by atoms with Gasteiger partial charge >= 0.3 is 0 Å².